The molecule has 0 aliphatic rings. The monoisotopic (exact) mass is 355 g/mol. The molecule has 3 nitrogen and oxygen atoms in total. The zero-order chi connectivity index (χ0) is 19.1. The van der Waals surface area contributed by atoms with Crippen molar-refractivity contribution in [2.45, 2.75) is 27.2 Å². The van der Waals surface area contributed by atoms with E-state index in [1.54, 1.807) is 0 Å². The summed E-state index contributed by atoms with van der Waals surface area (Å²) in [7, 11) is 2.04. The zero-order valence-corrected chi connectivity index (χ0v) is 16.2. The molecule has 4 aromatic rings. The van der Waals surface area contributed by atoms with E-state index in [0.29, 0.717) is 11.5 Å². The molecule has 0 atom stereocenters. The maximum absolute atomic E-state index is 9.68. The lowest BCUT2D eigenvalue weighted by Crippen LogP contribution is -2.30. The van der Waals surface area contributed by atoms with Gasteiger partial charge in [-0.25, -0.2) is 4.57 Å². The molecule has 0 radical (unpaired) electrons. The van der Waals surface area contributed by atoms with Crippen molar-refractivity contribution in [2.75, 3.05) is 0 Å². The van der Waals surface area contributed by atoms with Crippen molar-refractivity contribution in [3.05, 3.63) is 65.4 Å². The number of aryl methyl sites for hydroxylation is 2. The Labute approximate surface area is 159 Å². The van der Waals surface area contributed by atoms with E-state index in [9.17, 15) is 5.26 Å². The molecule has 0 aliphatic heterocycles. The van der Waals surface area contributed by atoms with Crippen LogP contribution < -0.4 is 4.57 Å². The number of furan rings is 1. The van der Waals surface area contributed by atoms with Crippen LogP contribution in [0.15, 0.2) is 53.1 Å². The largest absolute Gasteiger partial charge is 0.455 e. The summed E-state index contributed by atoms with van der Waals surface area (Å²) in [6.07, 6.45) is 2.97. The number of benzene rings is 2. The molecular formula is C24H23N2O+. The maximum Gasteiger partial charge on any atom is 0.216 e. The summed E-state index contributed by atoms with van der Waals surface area (Å²) in [6, 6.07) is 16.7. The van der Waals surface area contributed by atoms with Gasteiger partial charge in [0.25, 0.3) is 0 Å². The Balaban J connectivity index is 2.15. The van der Waals surface area contributed by atoms with E-state index in [-0.39, 0.29) is 0 Å². The van der Waals surface area contributed by atoms with E-state index in [1.165, 1.54) is 0 Å². The SMILES string of the molecule is Cc1ccc2c(oc3c(CC(C)C)ccc(C#N)c32)c1-c1cccc[n+]1C. The van der Waals surface area contributed by atoms with Crippen LogP contribution >= 0.6 is 0 Å². The first-order valence-corrected chi connectivity index (χ1v) is 9.34. The molecule has 3 heteroatoms. The maximum atomic E-state index is 9.68. The molecule has 2 aromatic heterocycles. The molecule has 0 N–H and O–H groups in total. The van der Waals surface area contributed by atoms with Gasteiger partial charge in [-0.05, 0) is 42.5 Å². The molecular weight excluding hydrogens is 332 g/mol. The van der Waals surface area contributed by atoms with Crippen LogP contribution in [0.5, 0.6) is 0 Å². The number of fused-ring (bicyclic) bond motifs is 3. The molecule has 0 aliphatic carbocycles. The van der Waals surface area contributed by atoms with Crippen LogP contribution in [0.25, 0.3) is 33.2 Å². The number of hydrogen-bond acceptors (Lipinski definition) is 2. The van der Waals surface area contributed by atoms with Crippen LogP contribution in [0.1, 0.15) is 30.5 Å². The highest BCUT2D eigenvalue weighted by molar-refractivity contribution is 6.12. The average Bonchev–Trinajstić information content (AvgIpc) is 3.03. The molecule has 0 saturated heterocycles. The van der Waals surface area contributed by atoms with E-state index < -0.39 is 0 Å². The predicted octanol–water partition coefficient (Wildman–Crippen LogP) is 5.46. The van der Waals surface area contributed by atoms with E-state index in [1.807, 2.05) is 37.5 Å². The number of hydrogen-bond donors (Lipinski definition) is 0. The number of nitrogens with zero attached hydrogens (tertiary/aromatic N) is 2. The van der Waals surface area contributed by atoms with Crippen molar-refractivity contribution in [3.8, 4) is 17.3 Å². The minimum absolute atomic E-state index is 0.516. The lowest BCUT2D eigenvalue weighted by Gasteiger charge is -2.06. The lowest BCUT2D eigenvalue weighted by atomic mass is 9.96. The molecule has 27 heavy (non-hydrogen) atoms. The van der Waals surface area contributed by atoms with Gasteiger partial charge in [-0.1, -0.05) is 32.0 Å². The molecule has 0 bridgehead atoms. The Morgan fingerprint density at radius 1 is 1.07 bits per heavy atom. The van der Waals surface area contributed by atoms with Gasteiger partial charge >= 0.3 is 0 Å². The van der Waals surface area contributed by atoms with Gasteiger partial charge in [-0.2, -0.15) is 5.26 Å². The molecule has 134 valence electrons. The van der Waals surface area contributed by atoms with Gasteiger partial charge in [0.15, 0.2) is 6.20 Å². The summed E-state index contributed by atoms with van der Waals surface area (Å²) in [4.78, 5) is 0. The van der Waals surface area contributed by atoms with Gasteiger partial charge < -0.3 is 4.42 Å². The Bertz CT molecular complexity index is 1210. The minimum atomic E-state index is 0.516. The van der Waals surface area contributed by atoms with E-state index in [2.05, 4.69) is 49.6 Å². The number of rotatable bonds is 3. The third-order valence-electron chi connectivity index (χ3n) is 5.14. The molecule has 2 aromatic carbocycles. The summed E-state index contributed by atoms with van der Waals surface area (Å²) < 4.78 is 8.59. The normalized spacial score (nSPS) is 11.4. The number of aromatic nitrogens is 1. The first-order valence-electron chi connectivity index (χ1n) is 9.34. The van der Waals surface area contributed by atoms with Gasteiger partial charge in [0.2, 0.25) is 5.69 Å². The summed E-state index contributed by atoms with van der Waals surface area (Å²) >= 11 is 0. The third kappa shape index (κ3) is 2.78. The second-order valence-electron chi connectivity index (χ2n) is 7.62. The predicted molar refractivity (Wildman–Crippen MR) is 108 cm³/mol. The summed E-state index contributed by atoms with van der Waals surface area (Å²) in [6.45, 7) is 6.51. The topological polar surface area (TPSA) is 40.8 Å². The summed E-state index contributed by atoms with van der Waals surface area (Å²) in [5.41, 5.74) is 6.89. The van der Waals surface area contributed by atoms with Crippen LogP contribution in [0.2, 0.25) is 0 Å². The number of nitriles is 1. The van der Waals surface area contributed by atoms with Gasteiger partial charge in [0.1, 0.15) is 18.2 Å². The van der Waals surface area contributed by atoms with E-state index >= 15 is 0 Å². The molecule has 2 heterocycles. The Morgan fingerprint density at radius 2 is 1.89 bits per heavy atom. The van der Waals surface area contributed by atoms with Gasteiger partial charge in [0.05, 0.1) is 17.2 Å². The highest BCUT2D eigenvalue weighted by atomic mass is 16.3. The third-order valence-corrected chi connectivity index (χ3v) is 5.14. The van der Waals surface area contributed by atoms with Crippen LogP contribution in [-0.2, 0) is 13.5 Å². The Morgan fingerprint density at radius 3 is 2.59 bits per heavy atom. The second-order valence-corrected chi connectivity index (χ2v) is 7.62. The first kappa shape index (κ1) is 17.3. The second kappa shape index (κ2) is 6.55. The molecule has 0 unspecified atom stereocenters. The zero-order valence-electron chi connectivity index (χ0n) is 16.2. The van der Waals surface area contributed by atoms with E-state index in [4.69, 9.17) is 4.42 Å². The highest BCUT2D eigenvalue weighted by Gasteiger charge is 2.22. The fourth-order valence-electron chi connectivity index (χ4n) is 3.89. The smallest absolute Gasteiger partial charge is 0.216 e. The lowest BCUT2D eigenvalue weighted by molar-refractivity contribution is -0.660. The minimum Gasteiger partial charge on any atom is -0.455 e. The highest BCUT2D eigenvalue weighted by Crippen LogP contribution is 2.39. The summed E-state index contributed by atoms with van der Waals surface area (Å²) in [5.74, 6) is 0.516. The van der Waals surface area contributed by atoms with Crippen molar-refractivity contribution in [1.82, 2.24) is 0 Å². The van der Waals surface area contributed by atoms with Crippen molar-refractivity contribution in [2.24, 2.45) is 13.0 Å². The van der Waals surface area contributed by atoms with Crippen LogP contribution in [-0.4, -0.2) is 0 Å². The Hall–Kier alpha value is -3.12. The van der Waals surface area contributed by atoms with Crippen LogP contribution in [0.4, 0.5) is 0 Å². The van der Waals surface area contributed by atoms with Crippen LogP contribution in [0.3, 0.4) is 0 Å². The molecule has 4 rings (SSSR count). The molecule has 0 saturated carbocycles. The first-order chi connectivity index (χ1) is 13.0. The molecule has 0 spiro atoms. The van der Waals surface area contributed by atoms with Gasteiger partial charge in [-0.3, -0.25) is 0 Å². The fourth-order valence-corrected chi connectivity index (χ4v) is 3.89. The summed E-state index contributed by atoms with van der Waals surface area (Å²) in [5, 5.41) is 11.6. The van der Waals surface area contributed by atoms with Crippen molar-refractivity contribution < 1.29 is 8.98 Å². The Kier molecular flexibility index (Phi) is 4.20. The fraction of sp³-hybridized carbons (Fsp3) is 0.250. The average molecular weight is 355 g/mol. The standard InChI is InChI=1S/C24H23N2O/c1-15(2)13-17-9-10-18(14-25)22-19-11-8-16(3)21(24(19)27-23(17)22)20-7-5-6-12-26(20)4/h5-12,15H,13H2,1-4H3/q+1. The van der Waals surface area contributed by atoms with E-state index in [0.717, 1.165) is 50.7 Å². The van der Waals surface area contributed by atoms with Crippen molar-refractivity contribution in [3.63, 3.8) is 0 Å². The van der Waals surface area contributed by atoms with Gasteiger partial charge in [0, 0.05) is 22.9 Å². The molecule has 0 fully saturated rings. The van der Waals surface area contributed by atoms with Crippen molar-refractivity contribution in [1.29, 1.82) is 5.26 Å². The van der Waals surface area contributed by atoms with Crippen LogP contribution in [0, 0.1) is 24.2 Å². The quantitative estimate of drug-likeness (QED) is 0.458. The van der Waals surface area contributed by atoms with Crippen molar-refractivity contribution >= 4 is 21.9 Å². The number of pyridine rings is 1. The molecule has 0 amide bonds. The van der Waals surface area contributed by atoms with Gasteiger partial charge in [-0.15, -0.1) is 0 Å².